The summed E-state index contributed by atoms with van der Waals surface area (Å²) in [5.74, 6) is 0.205. The molecule has 0 atom stereocenters. The number of benzene rings is 1. The first-order valence-electron chi connectivity index (χ1n) is 8.80. The lowest BCUT2D eigenvalue weighted by Gasteiger charge is -2.17. The number of carbonyl (C=O) groups is 1. The fourth-order valence-corrected chi connectivity index (χ4v) is 3.11. The number of nitrogens with one attached hydrogen (secondary N) is 1. The van der Waals surface area contributed by atoms with Crippen LogP contribution in [0.2, 0.25) is 0 Å². The summed E-state index contributed by atoms with van der Waals surface area (Å²) in [5, 5.41) is 2.57. The van der Waals surface area contributed by atoms with Gasteiger partial charge in [-0.2, -0.15) is 13.2 Å². The molecule has 1 N–H and O–H groups in total. The molecule has 9 heteroatoms. The summed E-state index contributed by atoms with van der Waals surface area (Å²) < 4.78 is 37.9. The van der Waals surface area contributed by atoms with Crippen molar-refractivity contribution in [1.82, 2.24) is 15.0 Å². The molecule has 0 radical (unpaired) electrons. The number of aromatic nitrogens is 3. The quantitative estimate of drug-likeness (QED) is 0.722. The van der Waals surface area contributed by atoms with Crippen LogP contribution in [0.25, 0.3) is 0 Å². The number of rotatable bonds is 3. The molecule has 29 heavy (non-hydrogen) atoms. The van der Waals surface area contributed by atoms with Crippen LogP contribution in [0, 0.1) is 6.92 Å². The number of nitrogens with zero attached hydrogens (tertiary/aromatic N) is 4. The van der Waals surface area contributed by atoms with Crippen LogP contribution in [0.1, 0.15) is 33.1 Å². The van der Waals surface area contributed by atoms with Crippen molar-refractivity contribution in [3.05, 3.63) is 77.1 Å². The van der Waals surface area contributed by atoms with E-state index in [4.69, 9.17) is 0 Å². The van der Waals surface area contributed by atoms with E-state index in [2.05, 4.69) is 25.2 Å². The van der Waals surface area contributed by atoms with Gasteiger partial charge in [-0.25, -0.2) is 9.97 Å². The molecule has 0 fully saturated rings. The Bertz CT molecular complexity index is 1070. The molecule has 1 amide bonds. The molecular formula is C20H16F3N5O. The molecule has 6 nitrogen and oxygen atoms in total. The fourth-order valence-electron chi connectivity index (χ4n) is 3.11. The van der Waals surface area contributed by atoms with Gasteiger partial charge in [-0.05, 0) is 43.3 Å². The monoisotopic (exact) mass is 399 g/mol. The Morgan fingerprint density at radius 3 is 2.59 bits per heavy atom. The highest BCUT2D eigenvalue weighted by atomic mass is 19.4. The number of hydrogen-bond acceptors (Lipinski definition) is 5. The molecule has 1 aromatic carbocycles. The number of alkyl halides is 3. The van der Waals surface area contributed by atoms with Crippen molar-refractivity contribution in [2.45, 2.75) is 26.2 Å². The van der Waals surface area contributed by atoms with Gasteiger partial charge >= 0.3 is 6.18 Å². The molecule has 2 aromatic heterocycles. The second-order valence-electron chi connectivity index (χ2n) is 6.67. The van der Waals surface area contributed by atoms with Gasteiger partial charge in [-0.1, -0.05) is 0 Å². The second-order valence-corrected chi connectivity index (χ2v) is 6.67. The normalized spacial score (nSPS) is 13.3. The lowest BCUT2D eigenvalue weighted by Crippen LogP contribution is -2.18. The van der Waals surface area contributed by atoms with Gasteiger partial charge in [-0.3, -0.25) is 9.78 Å². The molecule has 1 aliphatic rings. The third-order valence-electron chi connectivity index (χ3n) is 4.59. The van der Waals surface area contributed by atoms with E-state index in [1.54, 1.807) is 18.3 Å². The van der Waals surface area contributed by atoms with Gasteiger partial charge in [-0.15, -0.1) is 0 Å². The third kappa shape index (κ3) is 4.03. The minimum Gasteiger partial charge on any atom is -0.361 e. The number of fused-ring (bicyclic) bond motifs is 1. The van der Waals surface area contributed by atoms with E-state index in [0.717, 1.165) is 29.1 Å². The van der Waals surface area contributed by atoms with E-state index >= 15 is 0 Å². The van der Waals surface area contributed by atoms with Crippen molar-refractivity contribution in [2.75, 3.05) is 10.2 Å². The van der Waals surface area contributed by atoms with Gasteiger partial charge in [0.1, 0.15) is 11.5 Å². The molecule has 0 aliphatic carbocycles. The Morgan fingerprint density at radius 1 is 1.10 bits per heavy atom. The van der Waals surface area contributed by atoms with Gasteiger partial charge in [0.2, 0.25) is 0 Å². The van der Waals surface area contributed by atoms with Crippen molar-refractivity contribution < 1.29 is 18.0 Å². The van der Waals surface area contributed by atoms with E-state index in [1.807, 2.05) is 6.92 Å². The van der Waals surface area contributed by atoms with Crippen LogP contribution in [0.4, 0.5) is 24.5 Å². The van der Waals surface area contributed by atoms with Crippen LogP contribution in [-0.2, 0) is 19.3 Å². The second kappa shape index (κ2) is 7.16. The molecule has 4 rings (SSSR count). The van der Waals surface area contributed by atoms with Gasteiger partial charge in [0, 0.05) is 35.9 Å². The molecule has 3 heterocycles. The lowest BCUT2D eigenvalue weighted by atomic mass is 10.2. The number of halogens is 3. The lowest BCUT2D eigenvalue weighted by molar-refractivity contribution is -0.137. The van der Waals surface area contributed by atoms with Crippen LogP contribution < -0.4 is 10.2 Å². The molecule has 148 valence electrons. The Labute approximate surface area is 164 Å². The van der Waals surface area contributed by atoms with E-state index in [9.17, 15) is 18.0 Å². The van der Waals surface area contributed by atoms with Crippen molar-refractivity contribution in [3.63, 3.8) is 0 Å². The average Bonchev–Trinajstić information content (AvgIpc) is 3.11. The highest BCUT2D eigenvalue weighted by molar-refractivity contribution is 6.03. The van der Waals surface area contributed by atoms with Crippen LogP contribution in [0.15, 0.2) is 48.8 Å². The minimum atomic E-state index is -4.42. The van der Waals surface area contributed by atoms with Gasteiger partial charge in [0.25, 0.3) is 5.91 Å². The number of aryl methyl sites for hydroxylation is 1. The van der Waals surface area contributed by atoms with Crippen LogP contribution in [0.3, 0.4) is 0 Å². The minimum absolute atomic E-state index is 0.167. The molecule has 0 saturated heterocycles. The predicted octanol–water partition coefficient (Wildman–Crippen LogP) is 3.97. The Hall–Kier alpha value is -3.49. The Kier molecular flexibility index (Phi) is 4.65. The standard InChI is InChI=1S/C20H16F3N5O/c1-12-25-9-13-10-28(11-18(13)26-12)16-6-7-24-17(8-16)19(29)27-15-4-2-14(3-5-15)20(21,22)23/h2-9H,10-11H2,1H3,(H,27,29). The van der Waals surface area contributed by atoms with Crippen LogP contribution >= 0.6 is 0 Å². The molecule has 3 aromatic rings. The summed E-state index contributed by atoms with van der Waals surface area (Å²) in [6.07, 6.45) is -1.09. The van der Waals surface area contributed by atoms with Crippen molar-refractivity contribution in [2.24, 2.45) is 0 Å². The number of carbonyl (C=O) groups excluding carboxylic acids is 1. The maximum Gasteiger partial charge on any atom is 0.416 e. The molecule has 0 bridgehead atoms. The summed E-state index contributed by atoms with van der Waals surface area (Å²) in [6, 6.07) is 7.70. The van der Waals surface area contributed by atoms with Crippen LogP contribution in [-0.4, -0.2) is 20.9 Å². The van der Waals surface area contributed by atoms with Gasteiger partial charge < -0.3 is 10.2 Å². The van der Waals surface area contributed by atoms with Crippen molar-refractivity contribution in [3.8, 4) is 0 Å². The van der Waals surface area contributed by atoms with E-state index < -0.39 is 17.6 Å². The Morgan fingerprint density at radius 2 is 1.86 bits per heavy atom. The first kappa shape index (κ1) is 18.9. The van der Waals surface area contributed by atoms with Gasteiger partial charge in [0.15, 0.2) is 0 Å². The highest BCUT2D eigenvalue weighted by Crippen LogP contribution is 2.30. The highest BCUT2D eigenvalue weighted by Gasteiger charge is 2.30. The maximum atomic E-state index is 12.6. The topological polar surface area (TPSA) is 71.0 Å². The number of pyridine rings is 1. The molecule has 1 aliphatic heterocycles. The number of amides is 1. The van der Waals surface area contributed by atoms with Crippen molar-refractivity contribution in [1.29, 1.82) is 0 Å². The summed E-state index contributed by atoms with van der Waals surface area (Å²) >= 11 is 0. The first-order chi connectivity index (χ1) is 13.8. The zero-order valence-electron chi connectivity index (χ0n) is 15.4. The predicted molar refractivity (Wildman–Crippen MR) is 100 cm³/mol. The fraction of sp³-hybridized carbons (Fsp3) is 0.200. The van der Waals surface area contributed by atoms with E-state index in [-0.39, 0.29) is 11.4 Å². The smallest absolute Gasteiger partial charge is 0.361 e. The van der Waals surface area contributed by atoms with Crippen molar-refractivity contribution >= 4 is 17.3 Å². The maximum absolute atomic E-state index is 12.6. The zero-order chi connectivity index (χ0) is 20.6. The van der Waals surface area contributed by atoms with Crippen LogP contribution in [0.5, 0.6) is 0 Å². The summed E-state index contributed by atoms with van der Waals surface area (Å²) in [7, 11) is 0. The summed E-state index contributed by atoms with van der Waals surface area (Å²) in [6.45, 7) is 3.06. The number of hydrogen-bond donors (Lipinski definition) is 1. The molecular weight excluding hydrogens is 383 g/mol. The third-order valence-corrected chi connectivity index (χ3v) is 4.59. The zero-order valence-corrected chi connectivity index (χ0v) is 15.4. The average molecular weight is 399 g/mol. The largest absolute Gasteiger partial charge is 0.416 e. The van der Waals surface area contributed by atoms with E-state index in [1.165, 1.54) is 18.3 Å². The first-order valence-corrected chi connectivity index (χ1v) is 8.80. The Balaban J connectivity index is 1.48. The molecule has 0 unspecified atom stereocenters. The SMILES string of the molecule is Cc1ncc2c(n1)CN(c1ccnc(C(=O)Nc3ccc(C(F)(F)F)cc3)c1)C2. The number of anilines is 2. The summed E-state index contributed by atoms with van der Waals surface area (Å²) in [5.41, 5.74) is 2.43. The van der Waals surface area contributed by atoms with E-state index in [0.29, 0.717) is 18.9 Å². The molecule has 0 saturated carbocycles. The van der Waals surface area contributed by atoms with Gasteiger partial charge in [0.05, 0.1) is 17.8 Å². The summed E-state index contributed by atoms with van der Waals surface area (Å²) in [4.78, 5) is 27.3. The molecule has 0 spiro atoms.